The second-order valence-corrected chi connectivity index (χ2v) is 7.11. The number of hydrogen-bond acceptors (Lipinski definition) is 4. The van der Waals surface area contributed by atoms with Gasteiger partial charge in [-0.15, -0.1) is 0 Å². The minimum atomic E-state index is 0.0868. The lowest BCUT2D eigenvalue weighted by molar-refractivity contribution is 0.104. The molecule has 2 heterocycles. The van der Waals surface area contributed by atoms with Gasteiger partial charge in [0, 0.05) is 42.3 Å². The molecule has 2 unspecified atom stereocenters. The van der Waals surface area contributed by atoms with E-state index in [-0.39, 0.29) is 5.78 Å². The molecule has 2 aliphatic rings. The molecule has 2 aliphatic heterocycles. The number of allylic oxidation sites excluding steroid dienone is 1. The average molecular weight is 327 g/mol. The van der Waals surface area contributed by atoms with Crippen LogP contribution in [0.1, 0.15) is 49.9 Å². The molecule has 0 amide bonds. The Balaban J connectivity index is 1.63. The Hall–Kier alpha value is -1.65. The molecule has 0 spiro atoms. The van der Waals surface area contributed by atoms with Crippen molar-refractivity contribution in [1.82, 2.24) is 10.9 Å². The van der Waals surface area contributed by atoms with E-state index in [1.54, 1.807) is 6.08 Å². The molecule has 1 aromatic rings. The Bertz CT molecular complexity index is 563. The van der Waals surface area contributed by atoms with Crippen LogP contribution in [0.15, 0.2) is 36.4 Å². The van der Waals surface area contributed by atoms with Crippen molar-refractivity contribution in [1.29, 1.82) is 0 Å². The number of carbonyl (C=O) groups excluding carboxylic acids is 1. The van der Waals surface area contributed by atoms with Crippen LogP contribution in [0.2, 0.25) is 0 Å². The molecule has 0 saturated carbocycles. The molecule has 3 rings (SSSR count). The molecule has 0 radical (unpaired) electrons. The number of nitrogens with zero attached hydrogens (tertiary/aromatic N) is 1. The maximum atomic E-state index is 12.4. The number of rotatable bonds is 4. The first-order chi connectivity index (χ1) is 11.6. The molecule has 130 valence electrons. The summed E-state index contributed by atoms with van der Waals surface area (Å²) in [6, 6.07) is 8.80. The van der Waals surface area contributed by atoms with Gasteiger partial charge in [0.2, 0.25) is 0 Å². The van der Waals surface area contributed by atoms with E-state index in [0.717, 1.165) is 18.7 Å². The molecule has 2 saturated heterocycles. The zero-order chi connectivity index (χ0) is 16.9. The van der Waals surface area contributed by atoms with Crippen LogP contribution in [0.5, 0.6) is 0 Å². The summed E-state index contributed by atoms with van der Waals surface area (Å²) in [4.78, 5) is 14.9. The minimum Gasteiger partial charge on any atom is -0.372 e. The van der Waals surface area contributed by atoms with E-state index in [0.29, 0.717) is 18.0 Å². The van der Waals surface area contributed by atoms with Crippen LogP contribution >= 0.6 is 0 Å². The number of carbonyl (C=O) groups is 1. The number of benzene rings is 1. The van der Waals surface area contributed by atoms with Gasteiger partial charge in [-0.05, 0) is 57.0 Å². The lowest BCUT2D eigenvalue weighted by Crippen LogP contribution is -2.30. The highest BCUT2D eigenvalue weighted by Crippen LogP contribution is 2.21. The molecule has 2 fully saturated rings. The molecule has 0 bridgehead atoms. The quantitative estimate of drug-likeness (QED) is 0.658. The van der Waals surface area contributed by atoms with Gasteiger partial charge in [-0.2, -0.15) is 0 Å². The molecule has 4 heteroatoms. The minimum absolute atomic E-state index is 0.0868. The van der Waals surface area contributed by atoms with Crippen molar-refractivity contribution < 1.29 is 4.79 Å². The molecule has 2 N–H and O–H groups in total. The standard InChI is InChI=1S/C20H29N3O/c1-15-19(16(2)22-21-15)11-12-20(24)17-7-9-18(10-8-17)23-13-5-3-4-6-14-23/h7-12,15-16,19,21-22H,3-6,13-14H2,1-2H3/b12-11+. The maximum Gasteiger partial charge on any atom is 0.185 e. The fraction of sp³-hybridized carbons (Fsp3) is 0.550. The molecule has 0 aliphatic carbocycles. The third-order valence-electron chi connectivity index (χ3n) is 5.29. The summed E-state index contributed by atoms with van der Waals surface area (Å²) in [7, 11) is 0. The van der Waals surface area contributed by atoms with E-state index < -0.39 is 0 Å². The first-order valence-electron chi connectivity index (χ1n) is 9.24. The first-order valence-corrected chi connectivity index (χ1v) is 9.24. The van der Waals surface area contributed by atoms with Gasteiger partial charge in [-0.1, -0.05) is 18.9 Å². The van der Waals surface area contributed by atoms with Gasteiger partial charge >= 0.3 is 0 Å². The summed E-state index contributed by atoms with van der Waals surface area (Å²) >= 11 is 0. The predicted octanol–water partition coefficient (Wildman–Crippen LogP) is 3.31. The monoisotopic (exact) mass is 327 g/mol. The molecule has 1 aromatic carbocycles. The molecule has 24 heavy (non-hydrogen) atoms. The fourth-order valence-corrected chi connectivity index (χ4v) is 3.68. The van der Waals surface area contributed by atoms with E-state index in [1.165, 1.54) is 31.4 Å². The molecular formula is C20H29N3O. The van der Waals surface area contributed by atoms with Crippen molar-refractivity contribution in [2.24, 2.45) is 5.92 Å². The van der Waals surface area contributed by atoms with Crippen LogP contribution in [0.25, 0.3) is 0 Å². The number of hydrogen-bond donors (Lipinski definition) is 2. The summed E-state index contributed by atoms with van der Waals surface area (Å²) in [5.41, 5.74) is 8.43. The van der Waals surface area contributed by atoms with Crippen molar-refractivity contribution in [2.45, 2.75) is 51.6 Å². The highest BCUT2D eigenvalue weighted by atomic mass is 16.1. The van der Waals surface area contributed by atoms with Crippen LogP contribution in [-0.2, 0) is 0 Å². The second-order valence-electron chi connectivity index (χ2n) is 7.11. The third kappa shape index (κ3) is 4.05. The van der Waals surface area contributed by atoms with Gasteiger partial charge in [0.1, 0.15) is 0 Å². The van der Waals surface area contributed by atoms with Gasteiger partial charge in [0.05, 0.1) is 0 Å². The van der Waals surface area contributed by atoms with E-state index in [4.69, 9.17) is 0 Å². The van der Waals surface area contributed by atoms with Crippen LogP contribution in [0, 0.1) is 5.92 Å². The van der Waals surface area contributed by atoms with Crippen LogP contribution in [-0.4, -0.2) is 31.0 Å². The van der Waals surface area contributed by atoms with E-state index >= 15 is 0 Å². The van der Waals surface area contributed by atoms with E-state index in [9.17, 15) is 4.79 Å². The third-order valence-corrected chi connectivity index (χ3v) is 5.29. The number of hydrazine groups is 1. The highest BCUT2D eigenvalue weighted by molar-refractivity contribution is 6.04. The van der Waals surface area contributed by atoms with Gasteiger partial charge in [-0.3, -0.25) is 15.6 Å². The Morgan fingerprint density at radius 2 is 1.58 bits per heavy atom. The van der Waals surface area contributed by atoms with Crippen molar-refractivity contribution in [2.75, 3.05) is 18.0 Å². The van der Waals surface area contributed by atoms with E-state index in [2.05, 4.69) is 41.7 Å². The Morgan fingerprint density at radius 1 is 1.00 bits per heavy atom. The lowest BCUT2D eigenvalue weighted by Gasteiger charge is -2.22. The summed E-state index contributed by atoms with van der Waals surface area (Å²) < 4.78 is 0. The van der Waals surface area contributed by atoms with Crippen LogP contribution < -0.4 is 15.8 Å². The van der Waals surface area contributed by atoms with Crippen molar-refractivity contribution in [3.05, 3.63) is 42.0 Å². The summed E-state index contributed by atoms with van der Waals surface area (Å²) in [5.74, 6) is 0.425. The van der Waals surface area contributed by atoms with Crippen LogP contribution in [0.4, 0.5) is 5.69 Å². The fourth-order valence-electron chi connectivity index (χ4n) is 3.68. The SMILES string of the molecule is CC1NNC(C)C1/C=C/C(=O)c1ccc(N2CCCCCC2)cc1. The molecule has 0 aromatic heterocycles. The van der Waals surface area contributed by atoms with Crippen LogP contribution in [0.3, 0.4) is 0 Å². The van der Waals surface area contributed by atoms with Gasteiger partial charge in [0.15, 0.2) is 5.78 Å². The smallest absolute Gasteiger partial charge is 0.185 e. The molecule has 4 nitrogen and oxygen atoms in total. The summed E-state index contributed by atoms with van der Waals surface area (Å²) in [5, 5.41) is 0. The van der Waals surface area contributed by atoms with E-state index in [1.807, 2.05) is 18.2 Å². The topological polar surface area (TPSA) is 44.4 Å². The highest BCUT2D eigenvalue weighted by Gasteiger charge is 2.27. The molecule has 2 atom stereocenters. The summed E-state index contributed by atoms with van der Waals surface area (Å²) in [6.45, 7) is 6.52. The van der Waals surface area contributed by atoms with Crippen molar-refractivity contribution in [3.8, 4) is 0 Å². The Morgan fingerprint density at radius 3 is 2.17 bits per heavy atom. The Kier molecular flexibility index (Phi) is 5.69. The van der Waals surface area contributed by atoms with Gasteiger partial charge in [-0.25, -0.2) is 0 Å². The largest absolute Gasteiger partial charge is 0.372 e. The number of ketones is 1. The Labute approximate surface area is 145 Å². The zero-order valence-corrected chi connectivity index (χ0v) is 14.8. The van der Waals surface area contributed by atoms with Gasteiger partial charge in [0.25, 0.3) is 0 Å². The number of anilines is 1. The average Bonchev–Trinajstić information content (AvgIpc) is 2.81. The van der Waals surface area contributed by atoms with Crippen molar-refractivity contribution >= 4 is 11.5 Å². The normalized spacial score (nSPS) is 28.2. The maximum absolute atomic E-state index is 12.4. The predicted molar refractivity (Wildman–Crippen MR) is 99.3 cm³/mol. The first kappa shape index (κ1) is 17.2. The van der Waals surface area contributed by atoms with Crippen molar-refractivity contribution in [3.63, 3.8) is 0 Å². The van der Waals surface area contributed by atoms with Gasteiger partial charge < -0.3 is 4.90 Å². The summed E-state index contributed by atoms with van der Waals surface area (Å²) in [6.07, 6.45) is 8.96. The molecular weight excluding hydrogens is 298 g/mol. The second kappa shape index (κ2) is 7.95. The number of nitrogens with one attached hydrogen (secondary N) is 2. The lowest BCUT2D eigenvalue weighted by atomic mass is 9.95. The zero-order valence-electron chi connectivity index (χ0n) is 14.8.